The van der Waals surface area contributed by atoms with Gasteiger partial charge in [0.1, 0.15) is 6.54 Å². The molecule has 1 saturated heterocycles. The third-order valence-electron chi connectivity index (χ3n) is 4.73. The van der Waals surface area contributed by atoms with Gasteiger partial charge in [0.15, 0.2) is 6.61 Å². The molecule has 1 aromatic carbocycles. The summed E-state index contributed by atoms with van der Waals surface area (Å²) in [5.41, 5.74) is 1.66. The van der Waals surface area contributed by atoms with Crippen molar-refractivity contribution < 1.29 is 32.2 Å². The second-order valence-electron chi connectivity index (χ2n) is 6.43. The maximum atomic E-state index is 12.5. The number of fused-ring (bicyclic) bond motifs is 2. The first-order valence-corrected chi connectivity index (χ1v) is 8.26. The smallest absolute Gasteiger partial charge is 0.422 e. The molecule has 26 heavy (non-hydrogen) atoms. The number of carbonyl (C=O) groups is 2. The van der Waals surface area contributed by atoms with E-state index in [9.17, 15) is 22.8 Å². The Hall–Kier alpha value is -2.29. The number of halogens is 3. The number of para-hydroxylation sites is 1. The summed E-state index contributed by atoms with van der Waals surface area (Å²) < 4.78 is 45.6. The summed E-state index contributed by atoms with van der Waals surface area (Å²) in [5.74, 6) is -0.398. The van der Waals surface area contributed by atoms with E-state index in [4.69, 9.17) is 4.74 Å². The van der Waals surface area contributed by atoms with Gasteiger partial charge in [-0.25, -0.2) is 4.79 Å². The quantitative estimate of drug-likeness (QED) is 0.885. The summed E-state index contributed by atoms with van der Waals surface area (Å²) in [7, 11) is 0. The number of rotatable bonds is 3. The highest BCUT2D eigenvalue weighted by Gasteiger charge is 2.45. The molecule has 2 aliphatic heterocycles. The number of nitrogens with one attached hydrogen (secondary N) is 1. The zero-order chi connectivity index (χ0) is 18.8. The number of ether oxygens (including phenoxy) is 2. The fourth-order valence-electron chi connectivity index (χ4n) is 3.48. The molecule has 2 heterocycles. The Morgan fingerprint density at radius 1 is 1.23 bits per heavy atom. The van der Waals surface area contributed by atoms with Gasteiger partial charge in [-0.15, -0.1) is 0 Å². The molecule has 0 aromatic heterocycles. The lowest BCUT2D eigenvalue weighted by molar-refractivity contribution is -0.160. The van der Waals surface area contributed by atoms with Crippen molar-refractivity contribution >= 4 is 17.7 Å². The number of hydrogen-bond acceptors (Lipinski definition) is 4. The summed E-state index contributed by atoms with van der Waals surface area (Å²) >= 11 is 0. The topological polar surface area (TPSA) is 67.9 Å². The summed E-state index contributed by atoms with van der Waals surface area (Å²) in [4.78, 5) is 25.4. The first kappa shape index (κ1) is 18.5. The molecule has 0 unspecified atom stereocenters. The molecule has 142 valence electrons. The van der Waals surface area contributed by atoms with Crippen molar-refractivity contribution in [3.8, 4) is 0 Å². The highest BCUT2D eigenvalue weighted by atomic mass is 19.4. The third-order valence-corrected chi connectivity index (χ3v) is 4.73. The molecule has 1 fully saturated rings. The van der Waals surface area contributed by atoms with Gasteiger partial charge in [0, 0.05) is 30.9 Å². The highest BCUT2D eigenvalue weighted by Crippen LogP contribution is 2.46. The second-order valence-corrected chi connectivity index (χ2v) is 6.43. The number of anilines is 1. The lowest BCUT2D eigenvalue weighted by Gasteiger charge is -2.34. The molecule has 1 N–H and O–H groups in total. The van der Waals surface area contributed by atoms with Crippen molar-refractivity contribution in [2.24, 2.45) is 0 Å². The number of carbonyl (C=O) groups excluding carboxylic acids is 2. The third kappa shape index (κ3) is 3.92. The van der Waals surface area contributed by atoms with Crippen LogP contribution in [0.25, 0.3) is 0 Å². The molecule has 2 aliphatic rings. The molecular weight excluding hydrogens is 353 g/mol. The number of alkyl carbamates (subject to hydrolysis) is 1. The van der Waals surface area contributed by atoms with E-state index in [0.29, 0.717) is 19.8 Å². The van der Waals surface area contributed by atoms with Crippen molar-refractivity contribution in [1.29, 1.82) is 0 Å². The first-order chi connectivity index (χ1) is 12.3. The van der Waals surface area contributed by atoms with E-state index in [1.165, 1.54) is 0 Å². The predicted octanol–water partition coefficient (Wildman–Crippen LogP) is 2.37. The standard InChI is InChI=1S/C17H19F3N2O4/c18-17(19,20)11-26-15(24)21-9-14(23)22-10-16(5-7-25-8-6-16)12-3-1-2-4-13(12)22/h1-4H,5-11H2,(H,21,24). The molecule has 0 aliphatic carbocycles. The van der Waals surface area contributed by atoms with Gasteiger partial charge in [0.2, 0.25) is 5.91 Å². The Bertz CT molecular complexity index is 687. The van der Waals surface area contributed by atoms with Gasteiger partial charge in [-0.1, -0.05) is 18.2 Å². The van der Waals surface area contributed by atoms with Crippen LogP contribution in [0.15, 0.2) is 24.3 Å². The van der Waals surface area contributed by atoms with E-state index in [1.54, 1.807) is 4.90 Å². The Kier molecular flexibility index (Phi) is 5.08. The van der Waals surface area contributed by atoms with E-state index in [-0.39, 0.29) is 5.41 Å². The van der Waals surface area contributed by atoms with Crippen molar-refractivity contribution in [2.45, 2.75) is 24.4 Å². The number of hydrogen-bond donors (Lipinski definition) is 1. The molecule has 0 atom stereocenters. The van der Waals surface area contributed by atoms with Crippen LogP contribution in [0.2, 0.25) is 0 Å². The van der Waals surface area contributed by atoms with E-state index < -0.39 is 31.3 Å². The average molecular weight is 372 g/mol. The Morgan fingerprint density at radius 3 is 2.62 bits per heavy atom. The van der Waals surface area contributed by atoms with Gasteiger partial charge in [-0.3, -0.25) is 4.79 Å². The SMILES string of the molecule is O=C(NCC(=O)N1CC2(CCOCC2)c2ccccc21)OCC(F)(F)F. The van der Waals surface area contributed by atoms with Crippen LogP contribution in [0.4, 0.5) is 23.7 Å². The summed E-state index contributed by atoms with van der Waals surface area (Å²) in [6, 6.07) is 7.55. The van der Waals surface area contributed by atoms with Gasteiger partial charge >= 0.3 is 12.3 Å². The lowest BCUT2D eigenvalue weighted by atomic mass is 9.76. The fraction of sp³-hybridized carbons (Fsp3) is 0.529. The van der Waals surface area contributed by atoms with Gasteiger partial charge in [0.05, 0.1) is 0 Å². The Balaban J connectivity index is 1.64. The number of alkyl halides is 3. The van der Waals surface area contributed by atoms with Crippen LogP contribution in [0.3, 0.4) is 0 Å². The van der Waals surface area contributed by atoms with Gasteiger partial charge in [-0.2, -0.15) is 13.2 Å². The Labute approximate surface area is 148 Å². The number of nitrogens with zero attached hydrogens (tertiary/aromatic N) is 1. The first-order valence-electron chi connectivity index (χ1n) is 8.26. The summed E-state index contributed by atoms with van der Waals surface area (Å²) in [5, 5.41) is 2.08. The minimum absolute atomic E-state index is 0.179. The van der Waals surface area contributed by atoms with Gasteiger partial charge < -0.3 is 19.7 Å². The lowest BCUT2D eigenvalue weighted by Crippen LogP contribution is -2.44. The molecule has 6 nitrogen and oxygen atoms in total. The maximum absolute atomic E-state index is 12.5. The van der Waals surface area contributed by atoms with Crippen molar-refractivity contribution in [3.05, 3.63) is 29.8 Å². The zero-order valence-electron chi connectivity index (χ0n) is 14.0. The Morgan fingerprint density at radius 2 is 1.92 bits per heavy atom. The average Bonchev–Trinajstić information content (AvgIpc) is 2.92. The number of benzene rings is 1. The zero-order valence-corrected chi connectivity index (χ0v) is 14.0. The molecule has 9 heteroatoms. The van der Waals surface area contributed by atoms with E-state index in [2.05, 4.69) is 10.1 Å². The van der Waals surface area contributed by atoms with Gasteiger partial charge in [-0.05, 0) is 24.5 Å². The van der Waals surface area contributed by atoms with Gasteiger partial charge in [0.25, 0.3) is 0 Å². The minimum atomic E-state index is -4.61. The highest BCUT2D eigenvalue weighted by molar-refractivity contribution is 5.98. The summed E-state index contributed by atoms with van der Waals surface area (Å²) in [6.07, 6.45) is -4.31. The predicted molar refractivity (Wildman–Crippen MR) is 85.9 cm³/mol. The van der Waals surface area contributed by atoms with E-state index >= 15 is 0 Å². The van der Waals surface area contributed by atoms with Crippen LogP contribution in [0, 0.1) is 0 Å². The van der Waals surface area contributed by atoms with Crippen LogP contribution in [0.1, 0.15) is 18.4 Å². The van der Waals surface area contributed by atoms with Crippen molar-refractivity contribution in [2.75, 3.05) is 37.8 Å². The van der Waals surface area contributed by atoms with Crippen LogP contribution < -0.4 is 10.2 Å². The molecule has 1 spiro atoms. The molecule has 2 amide bonds. The molecule has 3 rings (SSSR count). The van der Waals surface area contributed by atoms with Crippen LogP contribution in [-0.4, -0.2) is 51.1 Å². The maximum Gasteiger partial charge on any atom is 0.422 e. The molecule has 0 radical (unpaired) electrons. The van der Waals surface area contributed by atoms with E-state index in [0.717, 1.165) is 24.1 Å². The van der Waals surface area contributed by atoms with Crippen LogP contribution in [0.5, 0.6) is 0 Å². The normalized spacial score (nSPS) is 18.5. The monoisotopic (exact) mass is 372 g/mol. The van der Waals surface area contributed by atoms with Crippen molar-refractivity contribution in [1.82, 2.24) is 5.32 Å². The minimum Gasteiger partial charge on any atom is -0.440 e. The molecular formula is C17H19F3N2O4. The van der Waals surface area contributed by atoms with Crippen LogP contribution in [-0.2, 0) is 19.7 Å². The van der Waals surface area contributed by atoms with Crippen molar-refractivity contribution in [3.63, 3.8) is 0 Å². The number of amides is 2. The molecule has 0 saturated carbocycles. The van der Waals surface area contributed by atoms with E-state index in [1.807, 2.05) is 24.3 Å². The largest absolute Gasteiger partial charge is 0.440 e. The van der Waals surface area contributed by atoms with Crippen LogP contribution >= 0.6 is 0 Å². The second kappa shape index (κ2) is 7.14. The summed E-state index contributed by atoms with van der Waals surface area (Å²) in [6.45, 7) is -0.440. The molecule has 0 bridgehead atoms. The molecule has 1 aromatic rings. The fourth-order valence-corrected chi connectivity index (χ4v) is 3.48.